The lowest BCUT2D eigenvalue weighted by Gasteiger charge is -2.18. The molecule has 0 aromatic heterocycles. The number of rotatable bonds is 8. The number of carboxylic acid groups (broad SMARTS) is 1. The van der Waals surface area contributed by atoms with Crippen LogP contribution in [0.4, 0.5) is 0 Å². The van der Waals surface area contributed by atoms with Crippen LogP contribution in [0.15, 0.2) is 48.5 Å². The standard InChI is InChI=1S/C20H23NO4/c1-15-8-3-6-11-18(15)25-13-7-12-21(2)19(22)14-16-9-4-5-10-17(16)20(23)24/h3-6,8-11H,7,12-14H2,1-2H3,(H,23,24). The minimum Gasteiger partial charge on any atom is -0.493 e. The molecular formula is C20H23NO4. The average molecular weight is 341 g/mol. The van der Waals surface area contributed by atoms with Crippen LogP contribution in [0.25, 0.3) is 0 Å². The molecule has 0 atom stereocenters. The summed E-state index contributed by atoms with van der Waals surface area (Å²) in [6, 6.07) is 14.4. The average Bonchev–Trinajstić information content (AvgIpc) is 2.60. The van der Waals surface area contributed by atoms with Crippen LogP contribution in [0.5, 0.6) is 5.75 Å². The van der Waals surface area contributed by atoms with Crippen LogP contribution in [0.1, 0.15) is 27.9 Å². The number of nitrogens with zero attached hydrogens (tertiary/aromatic N) is 1. The highest BCUT2D eigenvalue weighted by Crippen LogP contribution is 2.16. The van der Waals surface area contributed by atoms with Gasteiger partial charge in [0.2, 0.25) is 5.91 Å². The van der Waals surface area contributed by atoms with Gasteiger partial charge < -0.3 is 14.7 Å². The van der Waals surface area contributed by atoms with Crippen LogP contribution in [-0.2, 0) is 11.2 Å². The number of carbonyl (C=O) groups excluding carboxylic acids is 1. The number of carbonyl (C=O) groups is 2. The van der Waals surface area contributed by atoms with Gasteiger partial charge in [0.05, 0.1) is 18.6 Å². The monoisotopic (exact) mass is 341 g/mol. The first-order valence-electron chi connectivity index (χ1n) is 8.22. The summed E-state index contributed by atoms with van der Waals surface area (Å²) in [4.78, 5) is 25.1. The van der Waals surface area contributed by atoms with Gasteiger partial charge in [-0.15, -0.1) is 0 Å². The Morgan fingerprint density at radius 1 is 1.08 bits per heavy atom. The van der Waals surface area contributed by atoms with Gasteiger partial charge in [-0.2, -0.15) is 0 Å². The number of amides is 1. The summed E-state index contributed by atoms with van der Waals surface area (Å²) in [5, 5.41) is 9.18. The van der Waals surface area contributed by atoms with Crippen molar-refractivity contribution < 1.29 is 19.4 Å². The molecule has 0 heterocycles. The zero-order valence-electron chi connectivity index (χ0n) is 14.6. The van der Waals surface area contributed by atoms with Crippen molar-refractivity contribution in [3.63, 3.8) is 0 Å². The summed E-state index contributed by atoms with van der Waals surface area (Å²) in [5.74, 6) is -0.269. The van der Waals surface area contributed by atoms with Crippen molar-refractivity contribution in [2.24, 2.45) is 0 Å². The van der Waals surface area contributed by atoms with Crippen LogP contribution >= 0.6 is 0 Å². The van der Waals surface area contributed by atoms with Crippen molar-refractivity contribution >= 4 is 11.9 Å². The molecule has 0 aliphatic rings. The Bertz CT molecular complexity index is 742. The van der Waals surface area contributed by atoms with E-state index in [0.717, 1.165) is 11.3 Å². The lowest BCUT2D eigenvalue weighted by Crippen LogP contribution is -2.30. The van der Waals surface area contributed by atoms with Gasteiger partial charge in [0.15, 0.2) is 0 Å². The van der Waals surface area contributed by atoms with Crippen molar-refractivity contribution in [1.82, 2.24) is 4.90 Å². The summed E-state index contributed by atoms with van der Waals surface area (Å²) in [6.07, 6.45) is 0.786. The first-order chi connectivity index (χ1) is 12.0. The molecule has 2 aromatic carbocycles. The molecule has 0 aliphatic carbocycles. The number of hydrogen-bond acceptors (Lipinski definition) is 3. The fraction of sp³-hybridized carbons (Fsp3) is 0.300. The maximum Gasteiger partial charge on any atom is 0.335 e. The van der Waals surface area contributed by atoms with E-state index in [9.17, 15) is 14.7 Å². The molecule has 0 saturated heterocycles. The predicted molar refractivity (Wildman–Crippen MR) is 96.0 cm³/mol. The third-order valence-electron chi connectivity index (χ3n) is 4.00. The molecule has 132 valence electrons. The van der Waals surface area contributed by atoms with Crippen molar-refractivity contribution in [3.05, 3.63) is 65.2 Å². The zero-order chi connectivity index (χ0) is 18.2. The molecule has 0 spiro atoms. The van der Waals surface area contributed by atoms with Gasteiger partial charge >= 0.3 is 5.97 Å². The molecule has 0 fully saturated rings. The van der Waals surface area contributed by atoms with Gasteiger partial charge in [0.25, 0.3) is 0 Å². The number of ether oxygens (including phenoxy) is 1. The van der Waals surface area contributed by atoms with Gasteiger partial charge in [-0.25, -0.2) is 4.79 Å². The molecule has 1 amide bonds. The first-order valence-corrected chi connectivity index (χ1v) is 8.22. The minimum atomic E-state index is -1.02. The Hall–Kier alpha value is -2.82. The fourth-order valence-corrected chi connectivity index (χ4v) is 2.51. The molecule has 2 rings (SSSR count). The highest BCUT2D eigenvalue weighted by molar-refractivity contribution is 5.91. The lowest BCUT2D eigenvalue weighted by molar-refractivity contribution is -0.129. The highest BCUT2D eigenvalue weighted by atomic mass is 16.5. The molecule has 0 unspecified atom stereocenters. The van der Waals surface area contributed by atoms with Gasteiger partial charge in [-0.05, 0) is 36.6 Å². The summed E-state index contributed by atoms with van der Waals surface area (Å²) >= 11 is 0. The molecular weight excluding hydrogens is 318 g/mol. The second-order valence-corrected chi connectivity index (χ2v) is 5.92. The number of aromatic carboxylic acids is 1. The van der Waals surface area contributed by atoms with E-state index in [1.807, 2.05) is 31.2 Å². The molecule has 25 heavy (non-hydrogen) atoms. The maximum absolute atomic E-state index is 12.3. The normalized spacial score (nSPS) is 10.3. The van der Waals surface area contributed by atoms with Crippen LogP contribution < -0.4 is 4.74 Å². The summed E-state index contributed by atoms with van der Waals surface area (Å²) in [5.41, 5.74) is 1.78. The van der Waals surface area contributed by atoms with Crippen LogP contribution in [-0.4, -0.2) is 42.1 Å². The van der Waals surface area contributed by atoms with E-state index in [1.165, 1.54) is 6.07 Å². The topological polar surface area (TPSA) is 66.8 Å². The lowest BCUT2D eigenvalue weighted by atomic mass is 10.0. The molecule has 5 nitrogen and oxygen atoms in total. The molecule has 5 heteroatoms. The number of aryl methyl sites for hydroxylation is 1. The van der Waals surface area contributed by atoms with Gasteiger partial charge in [0, 0.05) is 13.6 Å². The third kappa shape index (κ3) is 5.35. The Balaban J connectivity index is 1.81. The van der Waals surface area contributed by atoms with Crippen LogP contribution in [0.2, 0.25) is 0 Å². The predicted octanol–water partition coefficient (Wildman–Crippen LogP) is 3.16. The second-order valence-electron chi connectivity index (χ2n) is 5.92. The summed E-state index contributed by atoms with van der Waals surface area (Å²) < 4.78 is 5.72. The number of likely N-dealkylation sites (N-methyl/N-ethyl adjacent to an activating group) is 1. The zero-order valence-corrected chi connectivity index (χ0v) is 14.6. The Labute approximate surface area is 147 Å². The molecule has 0 bridgehead atoms. The molecule has 1 N–H and O–H groups in total. The van der Waals surface area contributed by atoms with E-state index in [1.54, 1.807) is 30.1 Å². The Morgan fingerprint density at radius 3 is 2.48 bits per heavy atom. The maximum atomic E-state index is 12.3. The van der Waals surface area contributed by atoms with Crippen molar-refractivity contribution in [1.29, 1.82) is 0 Å². The first kappa shape index (κ1) is 18.5. The third-order valence-corrected chi connectivity index (χ3v) is 4.00. The quantitative estimate of drug-likeness (QED) is 0.749. The van der Waals surface area contributed by atoms with E-state index in [0.29, 0.717) is 25.1 Å². The number of hydrogen-bond donors (Lipinski definition) is 1. The van der Waals surface area contributed by atoms with E-state index < -0.39 is 5.97 Å². The van der Waals surface area contributed by atoms with Crippen LogP contribution in [0, 0.1) is 6.92 Å². The summed E-state index contributed by atoms with van der Waals surface area (Å²) in [7, 11) is 1.72. The smallest absolute Gasteiger partial charge is 0.335 e. The number of para-hydroxylation sites is 1. The SMILES string of the molecule is Cc1ccccc1OCCCN(C)C(=O)Cc1ccccc1C(=O)O. The highest BCUT2D eigenvalue weighted by Gasteiger charge is 2.15. The van der Waals surface area contributed by atoms with Gasteiger partial charge in [0.1, 0.15) is 5.75 Å². The molecule has 0 aliphatic heterocycles. The van der Waals surface area contributed by atoms with Crippen LogP contribution in [0.3, 0.4) is 0 Å². The minimum absolute atomic E-state index is 0.0810. The van der Waals surface area contributed by atoms with Gasteiger partial charge in [-0.1, -0.05) is 36.4 Å². The second kappa shape index (κ2) is 8.87. The Kier molecular flexibility index (Phi) is 6.57. The van der Waals surface area contributed by atoms with E-state index in [2.05, 4.69) is 0 Å². The molecule has 2 aromatic rings. The number of benzene rings is 2. The van der Waals surface area contributed by atoms with Crippen molar-refractivity contribution in [3.8, 4) is 5.75 Å². The molecule has 0 radical (unpaired) electrons. The molecule has 0 saturated carbocycles. The number of carboxylic acids is 1. The van der Waals surface area contributed by atoms with Gasteiger partial charge in [-0.3, -0.25) is 4.79 Å². The van der Waals surface area contributed by atoms with E-state index in [-0.39, 0.29) is 17.9 Å². The Morgan fingerprint density at radius 2 is 1.76 bits per heavy atom. The van der Waals surface area contributed by atoms with E-state index >= 15 is 0 Å². The summed E-state index contributed by atoms with van der Waals surface area (Å²) in [6.45, 7) is 3.07. The van der Waals surface area contributed by atoms with Crippen molar-refractivity contribution in [2.45, 2.75) is 19.8 Å². The largest absolute Gasteiger partial charge is 0.493 e. The van der Waals surface area contributed by atoms with E-state index in [4.69, 9.17) is 4.74 Å². The van der Waals surface area contributed by atoms with Crippen molar-refractivity contribution in [2.75, 3.05) is 20.2 Å². The fourth-order valence-electron chi connectivity index (χ4n) is 2.51.